The first-order valence-electron chi connectivity index (χ1n) is 11.1. The molecule has 0 bridgehead atoms. The molecule has 1 aliphatic rings. The maximum absolute atomic E-state index is 13.4. The van der Waals surface area contributed by atoms with Crippen molar-refractivity contribution < 1.29 is 9.59 Å². The van der Waals surface area contributed by atoms with Crippen molar-refractivity contribution in [3.05, 3.63) is 52.8 Å². The van der Waals surface area contributed by atoms with Crippen LogP contribution in [0, 0.1) is 6.92 Å². The Labute approximate surface area is 188 Å². The predicted molar refractivity (Wildman–Crippen MR) is 126 cm³/mol. The van der Waals surface area contributed by atoms with Crippen molar-refractivity contribution in [1.82, 2.24) is 19.7 Å². The highest BCUT2D eigenvalue weighted by Crippen LogP contribution is 2.41. The summed E-state index contributed by atoms with van der Waals surface area (Å²) in [6.07, 6.45) is 2.21. The van der Waals surface area contributed by atoms with Crippen LogP contribution < -0.4 is 5.32 Å². The fourth-order valence-electron chi connectivity index (χ4n) is 3.87. The number of aryl methyl sites for hydroxylation is 1. The van der Waals surface area contributed by atoms with Crippen LogP contribution in [0.2, 0.25) is 0 Å². The number of hydrogen-bond donors (Lipinski definition) is 1. The van der Waals surface area contributed by atoms with E-state index >= 15 is 0 Å². The lowest BCUT2D eigenvalue weighted by Gasteiger charge is -2.20. The largest absolute Gasteiger partial charge is 0.342 e. The van der Waals surface area contributed by atoms with E-state index in [2.05, 4.69) is 26.1 Å². The van der Waals surface area contributed by atoms with Crippen molar-refractivity contribution in [2.45, 2.75) is 65.5 Å². The molecule has 1 aromatic carbocycles. The third-order valence-electron chi connectivity index (χ3n) is 5.85. The molecule has 0 spiro atoms. The second kappa shape index (κ2) is 8.04. The lowest BCUT2D eigenvalue weighted by atomic mass is 10.1. The summed E-state index contributed by atoms with van der Waals surface area (Å²) in [6.45, 7) is 10.2. The Bertz CT molecular complexity index is 1200. The van der Waals surface area contributed by atoms with Gasteiger partial charge in [-0.05, 0) is 64.3 Å². The molecular formula is C25H31N5O2. The van der Waals surface area contributed by atoms with E-state index in [0.717, 1.165) is 40.8 Å². The number of fused-ring (bicyclic) bond motifs is 1. The summed E-state index contributed by atoms with van der Waals surface area (Å²) in [5.41, 5.74) is 4.54. The fourth-order valence-corrected chi connectivity index (χ4v) is 3.87. The van der Waals surface area contributed by atoms with Gasteiger partial charge in [-0.25, -0.2) is 9.67 Å². The number of carbonyl (C=O) groups excluding carboxylic acids is 2. The Kier molecular flexibility index (Phi) is 5.53. The van der Waals surface area contributed by atoms with Gasteiger partial charge in [0.2, 0.25) is 5.91 Å². The monoisotopic (exact) mass is 433 g/mol. The Hall–Kier alpha value is -3.22. The van der Waals surface area contributed by atoms with Crippen molar-refractivity contribution in [2.24, 2.45) is 0 Å². The van der Waals surface area contributed by atoms with Gasteiger partial charge < -0.3 is 10.2 Å². The number of nitrogens with one attached hydrogen (secondary N) is 1. The SMILES string of the molecule is CC(=O)N(C)Cc1cccc(NC(=O)c2cc(C3CC3)nc3c2c(C)nn3C(C)(C)C)c1. The Morgan fingerprint density at radius 3 is 2.56 bits per heavy atom. The number of hydrogen-bond acceptors (Lipinski definition) is 4. The molecule has 7 nitrogen and oxygen atoms in total. The second-order valence-corrected chi connectivity index (χ2v) is 9.77. The summed E-state index contributed by atoms with van der Waals surface area (Å²) in [6, 6.07) is 9.54. The molecule has 0 radical (unpaired) electrons. The van der Waals surface area contributed by atoms with Gasteiger partial charge in [0.1, 0.15) is 0 Å². The third-order valence-corrected chi connectivity index (χ3v) is 5.85. The molecule has 0 atom stereocenters. The van der Waals surface area contributed by atoms with E-state index in [1.165, 1.54) is 6.92 Å². The summed E-state index contributed by atoms with van der Waals surface area (Å²) in [5.74, 6) is 0.241. The standard InChI is InChI=1S/C25H31N5O2/c1-15-22-20(13-21(18-10-11-18)27-23(22)30(28-15)25(3,4)5)24(32)26-19-9-7-8-17(12-19)14-29(6)16(2)31/h7-9,12-13,18H,10-11,14H2,1-6H3,(H,26,32). The molecule has 2 heterocycles. The van der Waals surface area contributed by atoms with E-state index in [1.54, 1.807) is 11.9 Å². The quantitative estimate of drug-likeness (QED) is 0.638. The van der Waals surface area contributed by atoms with Crippen molar-refractivity contribution in [3.8, 4) is 0 Å². The van der Waals surface area contributed by atoms with Crippen molar-refractivity contribution in [3.63, 3.8) is 0 Å². The van der Waals surface area contributed by atoms with Gasteiger partial charge in [0, 0.05) is 37.8 Å². The number of carbonyl (C=O) groups is 2. The molecule has 1 aliphatic carbocycles. The summed E-state index contributed by atoms with van der Waals surface area (Å²) in [7, 11) is 1.76. The first kappa shape index (κ1) is 22.0. The molecule has 168 valence electrons. The van der Waals surface area contributed by atoms with Crippen molar-refractivity contribution in [2.75, 3.05) is 12.4 Å². The zero-order chi connectivity index (χ0) is 23.2. The Morgan fingerprint density at radius 1 is 1.22 bits per heavy atom. The van der Waals surface area contributed by atoms with Gasteiger partial charge in [-0.2, -0.15) is 5.10 Å². The molecule has 32 heavy (non-hydrogen) atoms. The number of amides is 2. The number of benzene rings is 1. The highest BCUT2D eigenvalue weighted by Gasteiger charge is 2.30. The summed E-state index contributed by atoms with van der Waals surface area (Å²) >= 11 is 0. The number of rotatable bonds is 5. The maximum Gasteiger partial charge on any atom is 0.256 e. The van der Waals surface area contributed by atoms with Gasteiger partial charge in [0.25, 0.3) is 5.91 Å². The highest BCUT2D eigenvalue weighted by molar-refractivity contribution is 6.12. The van der Waals surface area contributed by atoms with Gasteiger partial charge in [-0.3, -0.25) is 9.59 Å². The van der Waals surface area contributed by atoms with Gasteiger partial charge in [0.15, 0.2) is 5.65 Å². The van der Waals surface area contributed by atoms with Gasteiger partial charge in [-0.1, -0.05) is 12.1 Å². The van der Waals surface area contributed by atoms with E-state index in [9.17, 15) is 9.59 Å². The predicted octanol–water partition coefficient (Wildman–Crippen LogP) is 4.60. The number of pyridine rings is 1. The Morgan fingerprint density at radius 2 is 1.94 bits per heavy atom. The fraction of sp³-hybridized carbons (Fsp3) is 0.440. The van der Waals surface area contributed by atoms with Crippen molar-refractivity contribution in [1.29, 1.82) is 0 Å². The lowest BCUT2D eigenvalue weighted by Crippen LogP contribution is -2.24. The van der Waals surface area contributed by atoms with Crippen LogP contribution in [0.25, 0.3) is 11.0 Å². The molecule has 0 aliphatic heterocycles. The van der Waals surface area contributed by atoms with Crippen LogP contribution in [-0.2, 0) is 16.9 Å². The zero-order valence-electron chi connectivity index (χ0n) is 19.7. The average Bonchev–Trinajstić information content (AvgIpc) is 3.50. The van der Waals surface area contributed by atoms with Crippen LogP contribution in [0.15, 0.2) is 30.3 Å². The van der Waals surface area contributed by atoms with E-state index in [-0.39, 0.29) is 17.4 Å². The lowest BCUT2D eigenvalue weighted by molar-refractivity contribution is -0.128. The first-order chi connectivity index (χ1) is 15.0. The number of anilines is 1. The summed E-state index contributed by atoms with van der Waals surface area (Å²) < 4.78 is 1.93. The highest BCUT2D eigenvalue weighted by atomic mass is 16.2. The van der Waals surface area contributed by atoms with Gasteiger partial charge in [-0.15, -0.1) is 0 Å². The molecule has 1 N–H and O–H groups in total. The first-order valence-corrected chi connectivity index (χ1v) is 11.1. The topological polar surface area (TPSA) is 80.1 Å². The van der Waals surface area contributed by atoms with Crippen LogP contribution >= 0.6 is 0 Å². The van der Waals surface area contributed by atoms with Crippen LogP contribution in [-0.4, -0.2) is 38.5 Å². The molecule has 2 amide bonds. The average molecular weight is 434 g/mol. The summed E-state index contributed by atoms with van der Waals surface area (Å²) in [5, 5.41) is 8.58. The molecule has 1 fully saturated rings. The smallest absolute Gasteiger partial charge is 0.256 e. The number of nitrogens with zero attached hydrogens (tertiary/aromatic N) is 4. The minimum atomic E-state index is -0.244. The van der Waals surface area contributed by atoms with Crippen LogP contribution in [0.5, 0.6) is 0 Å². The summed E-state index contributed by atoms with van der Waals surface area (Å²) in [4.78, 5) is 31.6. The minimum Gasteiger partial charge on any atom is -0.342 e. The van der Waals surface area contributed by atoms with E-state index in [4.69, 9.17) is 10.1 Å². The van der Waals surface area contributed by atoms with Crippen molar-refractivity contribution >= 4 is 28.5 Å². The zero-order valence-corrected chi connectivity index (χ0v) is 19.7. The normalized spacial score (nSPS) is 13.9. The van der Waals surface area contributed by atoms with E-state index in [0.29, 0.717) is 23.7 Å². The van der Waals surface area contributed by atoms with Gasteiger partial charge >= 0.3 is 0 Å². The number of aromatic nitrogens is 3. The molecule has 0 saturated heterocycles. The third kappa shape index (κ3) is 4.38. The minimum absolute atomic E-state index is 0.00226. The molecule has 1 saturated carbocycles. The van der Waals surface area contributed by atoms with E-state index in [1.807, 2.05) is 41.9 Å². The van der Waals surface area contributed by atoms with E-state index < -0.39 is 0 Å². The molecule has 7 heteroatoms. The van der Waals surface area contributed by atoms with Crippen LogP contribution in [0.3, 0.4) is 0 Å². The van der Waals surface area contributed by atoms with Crippen LogP contribution in [0.4, 0.5) is 5.69 Å². The molecule has 0 unspecified atom stereocenters. The van der Waals surface area contributed by atoms with Crippen LogP contribution in [0.1, 0.15) is 73.8 Å². The molecule has 4 rings (SSSR count). The second-order valence-electron chi connectivity index (χ2n) is 9.77. The maximum atomic E-state index is 13.4. The van der Waals surface area contributed by atoms with Gasteiger partial charge in [0.05, 0.1) is 22.2 Å². The molecule has 2 aromatic heterocycles. The molecular weight excluding hydrogens is 402 g/mol. The molecule has 3 aromatic rings. The Balaban J connectivity index is 1.71.